The molecule has 2 unspecified atom stereocenters. The number of hydrogen-bond acceptors (Lipinski definition) is 2. The summed E-state index contributed by atoms with van der Waals surface area (Å²) in [6.45, 7) is 9.27. The van der Waals surface area contributed by atoms with Gasteiger partial charge in [0.1, 0.15) is 0 Å². The molecule has 1 aromatic rings. The number of aromatic nitrogens is 1. The van der Waals surface area contributed by atoms with Gasteiger partial charge in [-0.25, -0.2) is 0 Å². The minimum absolute atomic E-state index is 0.493. The van der Waals surface area contributed by atoms with E-state index in [1.807, 2.05) is 12.4 Å². The largest absolute Gasteiger partial charge is 0.317 e. The smallest absolute Gasteiger partial charge is 0.0410 e. The zero-order valence-corrected chi connectivity index (χ0v) is 14.5. The fourth-order valence-electron chi connectivity index (χ4n) is 3.50. The van der Waals surface area contributed by atoms with Gasteiger partial charge in [0.05, 0.1) is 0 Å². The normalized spacial score (nSPS) is 25.6. The van der Waals surface area contributed by atoms with Gasteiger partial charge < -0.3 is 5.32 Å². The monoisotopic (exact) mass is 338 g/mol. The standard InChI is InChI=1S/C17H27BrN2/c1-4-19-11-14-5-6-17(2,3)9-15(14)7-13-8-16(18)12-20-10-13/h8,10,12,14-15,19H,4-7,9,11H2,1-3H3. The molecule has 20 heavy (non-hydrogen) atoms. The van der Waals surface area contributed by atoms with Crippen LogP contribution >= 0.6 is 15.9 Å². The highest BCUT2D eigenvalue weighted by molar-refractivity contribution is 9.10. The Kier molecular flexibility index (Phi) is 5.62. The van der Waals surface area contributed by atoms with Crippen molar-refractivity contribution in [3.8, 4) is 0 Å². The molecule has 0 radical (unpaired) electrons. The van der Waals surface area contributed by atoms with Crippen molar-refractivity contribution < 1.29 is 0 Å². The van der Waals surface area contributed by atoms with Crippen molar-refractivity contribution in [3.63, 3.8) is 0 Å². The molecule has 1 saturated carbocycles. The van der Waals surface area contributed by atoms with Gasteiger partial charge in [-0.2, -0.15) is 0 Å². The van der Waals surface area contributed by atoms with Crippen LogP contribution < -0.4 is 5.32 Å². The minimum Gasteiger partial charge on any atom is -0.317 e. The lowest BCUT2D eigenvalue weighted by Crippen LogP contribution is -2.37. The predicted molar refractivity (Wildman–Crippen MR) is 88.8 cm³/mol. The van der Waals surface area contributed by atoms with Crippen LogP contribution in [0.4, 0.5) is 0 Å². The molecule has 2 atom stereocenters. The second-order valence-corrected chi connectivity index (χ2v) is 7.87. The minimum atomic E-state index is 0.493. The van der Waals surface area contributed by atoms with Crippen molar-refractivity contribution in [2.24, 2.45) is 17.3 Å². The third-order valence-electron chi connectivity index (χ3n) is 4.59. The summed E-state index contributed by atoms with van der Waals surface area (Å²) in [4.78, 5) is 4.31. The van der Waals surface area contributed by atoms with E-state index >= 15 is 0 Å². The van der Waals surface area contributed by atoms with Gasteiger partial charge in [-0.05, 0) is 83.6 Å². The lowest BCUT2D eigenvalue weighted by molar-refractivity contribution is 0.116. The van der Waals surface area contributed by atoms with E-state index in [1.54, 1.807) is 0 Å². The number of nitrogens with zero attached hydrogens (tertiary/aromatic N) is 1. The second-order valence-electron chi connectivity index (χ2n) is 6.95. The van der Waals surface area contributed by atoms with Crippen LogP contribution in [-0.2, 0) is 6.42 Å². The van der Waals surface area contributed by atoms with Gasteiger partial charge in [0.15, 0.2) is 0 Å². The fourth-order valence-corrected chi connectivity index (χ4v) is 3.91. The van der Waals surface area contributed by atoms with Crippen LogP contribution in [0.3, 0.4) is 0 Å². The van der Waals surface area contributed by atoms with Crippen LogP contribution in [0.5, 0.6) is 0 Å². The lowest BCUT2D eigenvalue weighted by atomic mass is 9.65. The summed E-state index contributed by atoms with van der Waals surface area (Å²) in [5, 5.41) is 3.55. The van der Waals surface area contributed by atoms with Crippen LogP contribution in [0.25, 0.3) is 0 Å². The summed E-state index contributed by atoms with van der Waals surface area (Å²) < 4.78 is 1.09. The van der Waals surface area contributed by atoms with Gasteiger partial charge in [0.2, 0.25) is 0 Å². The Bertz CT molecular complexity index is 431. The summed E-state index contributed by atoms with van der Waals surface area (Å²) in [6.07, 6.45) is 9.09. The summed E-state index contributed by atoms with van der Waals surface area (Å²) in [7, 11) is 0. The highest BCUT2D eigenvalue weighted by atomic mass is 79.9. The molecule has 1 heterocycles. The molecule has 0 amide bonds. The van der Waals surface area contributed by atoms with Gasteiger partial charge >= 0.3 is 0 Å². The van der Waals surface area contributed by atoms with E-state index in [0.29, 0.717) is 5.41 Å². The molecule has 112 valence electrons. The summed E-state index contributed by atoms with van der Waals surface area (Å²) in [5.74, 6) is 1.58. The van der Waals surface area contributed by atoms with Crippen molar-refractivity contribution >= 4 is 15.9 Å². The van der Waals surface area contributed by atoms with E-state index in [2.05, 4.69) is 53.1 Å². The Hall–Kier alpha value is -0.410. The molecule has 3 heteroatoms. The van der Waals surface area contributed by atoms with Crippen LogP contribution in [0, 0.1) is 17.3 Å². The molecule has 1 aliphatic carbocycles. The quantitative estimate of drug-likeness (QED) is 0.858. The van der Waals surface area contributed by atoms with Crippen molar-refractivity contribution in [2.75, 3.05) is 13.1 Å². The number of nitrogens with one attached hydrogen (secondary N) is 1. The third kappa shape index (κ3) is 4.56. The molecule has 1 aliphatic rings. The lowest BCUT2D eigenvalue weighted by Gasteiger charge is -2.41. The maximum Gasteiger partial charge on any atom is 0.0410 e. The first-order valence-electron chi connectivity index (χ1n) is 7.80. The Morgan fingerprint density at radius 2 is 2.15 bits per heavy atom. The molecule has 2 nitrogen and oxygen atoms in total. The maximum absolute atomic E-state index is 4.31. The Balaban J connectivity index is 2.06. The SMILES string of the molecule is CCNCC1CCC(C)(C)CC1Cc1cncc(Br)c1. The predicted octanol–water partition coefficient (Wildman–Crippen LogP) is 4.44. The van der Waals surface area contributed by atoms with Crippen LogP contribution in [0.2, 0.25) is 0 Å². The van der Waals surface area contributed by atoms with Crippen molar-refractivity contribution in [1.82, 2.24) is 10.3 Å². The molecule has 0 aliphatic heterocycles. The van der Waals surface area contributed by atoms with E-state index in [1.165, 1.54) is 31.4 Å². The van der Waals surface area contributed by atoms with Crippen molar-refractivity contribution in [2.45, 2.75) is 46.5 Å². The fraction of sp³-hybridized carbons (Fsp3) is 0.706. The van der Waals surface area contributed by atoms with E-state index < -0.39 is 0 Å². The van der Waals surface area contributed by atoms with Gasteiger partial charge in [-0.15, -0.1) is 0 Å². The maximum atomic E-state index is 4.31. The van der Waals surface area contributed by atoms with Gasteiger partial charge in [-0.1, -0.05) is 20.8 Å². The summed E-state index contributed by atoms with van der Waals surface area (Å²) in [5.41, 5.74) is 1.86. The average molecular weight is 339 g/mol. The van der Waals surface area contributed by atoms with E-state index in [4.69, 9.17) is 0 Å². The Labute approximate surface area is 131 Å². The molecule has 1 N–H and O–H groups in total. The molecule has 2 rings (SSSR count). The van der Waals surface area contributed by atoms with Crippen LogP contribution in [0.1, 0.15) is 45.6 Å². The molecule has 1 fully saturated rings. The zero-order valence-electron chi connectivity index (χ0n) is 13.0. The number of halogens is 1. The third-order valence-corrected chi connectivity index (χ3v) is 5.02. The van der Waals surface area contributed by atoms with E-state index in [-0.39, 0.29) is 0 Å². The van der Waals surface area contributed by atoms with Crippen molar-refractivity contribution in [3.05, 3.63) is 28.5 Å². The first-order chi connectivity index (χ1) is 9.50. The van der Waals surface area contributed by atoms with Gasteiger partial charge in [0.25, 0.3) is 0 Å². The molecular formula is C17H27BrN2. The second kappa shape index (κ2) is 7.04. The Morgan fingerprint density at radius 1 is 1.35 bits per heavy atom. The number of hydrogen-bond donors (Lipinski definition) is 1. The van der Waals surface area contributed by atoms with Gasteiger partial charge in [-0.3, -0.25) is 4.98 Å². The van der Waals surface area contributed by atoms with Crippen LogP contribution in [0.15, 0.2) is 22.9 Å². The highest BCUT2D eigenvalue weighted by Gasteiger charge is 2.34. The average Bonchev–Trinajstić information content (AvgIpc) is 2.37. The van der Waals surface area contributed by atoms with Gasteiger partial charge in [0, 0.05) is 16.9 Å². The zero-order chi connectivity index (χ0) is 14.6. The Morgan fingerprint density at radius 3 is 2.85 bits per heavy atom. The summed E-state index contributed by atoms with van der Waals surface area (Å²) >= 11 is 3.53. The number of pyridine rings is 1. The topological polar surface area (TPSA) is 24.9 Å². The van der Waals surface area contributed by atoms with Crippen molar-refractivity contribution in [1.29, 1.82) is 0 Å². The first-order valence-corrected chi connectivity index (χ1v) is 8.59. The molecule has 1 aromatic heterocycles. The van der Waals surface area contributed by atoms with Crippen LogP contribution in [-0.4, -0.2) is 18.1 Å². The first kappa shape index (κ1) is 16.0. The molecule has 0 aromatic carbocycles. The van der Waals surface area contributed by atoms with E-state index in [9.17, 15) is 0 Å². The molecule has 0 spiro atoms. The van der Waals surface area contributed by atoms with E-state index in [0.717, 1.165) is 29.3 Å². The molecule has 0 saturated heterocycles. The molecule has 0 bridgehead atoms. The highest BCUT2D eigenvalue weighted by Crippen LogP contribution is 2.43. The molecular weight excluding hydrogens is 312 g/mol. The summed E-state index contributed by atoms with van der Waals surface area (Å²) in [6, 6.07) is 2.22. The number of rotatable bonds is 5.